The van der Waals surface area contributed by atoms with Crippen molar-refractivity contribution in [3.63, 3.8) is 0 Å². The molecule has 1 heteroatoms. The van der Waals surface area contributed by atoms with Crippen molar-refractivity contribution in [1.82, 2.24) is 0 Å². The molecule has 0 bridgehead atoms. The van der Waals surface area contributed by atoms with Gasteiger partial charge in [0.1, 0.15) is 0 Å². The quantitative estimate of drug-likeness (QED) is 0.547. The Labute approximate surface area is 50.6 Å². The molecule has 0 heterocycles. The number of rotatable bonds is 1. The topological polar surface area (TPSA) is 26.0 Å². The lowest BCUT2D eigenvalue weighted by Gasteiger charge is -2.25. The summed E-state index contributed by atoms with van der Waals surface area (Å²) in [6, 6.07) is 0. The van der Waals surface area contributed by atoms with Gasteiger partial charge in [-0.15, -0.1) is 0 Å². The molecular weight excluding hydrogens is 98.1 g/mol. The summed E-state index contributed by atoms with van der Waals surface area (Å²) in [6.07, 6.45) is 6.02. The molecule has 2 N–H and O–H groups in total. The van der Waals surface area contributed by atoms with Gasteiger partial charge in [-0.25, -0.2) is 0 Å². The van der Waals surface area contributed by atoms with Crippen molar-refractivity contribution in [2.45, 2.75) is 26.2 Å². The van der Waals surface area contributed by atoms with Gasteiger partial charge in [0.05, 0.1) is 0 Å². The van der Waals surface area contributed by atoms with Gasteiger partial charge in [-0.05, 0) is 25.7 Å². The Morgan fingerprint density at radius 3 is 2.38 bits per heavy atom. The third-order valence-corrected chi connectivity index (χ3v) is 1.91. The smallest absolute Gasteiger partial charge is 0.00686 e. The van der Waals surface area contributed by atoms with Crippen LogP contribution in [0.1, 0.15) is 26.2 Å². The third-order valence-electron chi connectivity index (χ3n) is 1.91. The maximum absolute atomic E-state index is 5.64. The van der Waals surface area contributed by atoms with Crippen molar-refractivity contribution in [2.24, 2.45) is 11.7 Å². The zero-order valence-corrected chi connectivity index (χ0v) is 5.35. The number of allylic oxidation sites excluding steroid dienone is 2. The maximum atomic E-state index is 5.64. The Morgan fingerprint density at radius 2 is 2.25 bits per heavy atom. The largest absolute Gasteiger partial charge is 0.402 e. The van der Waals surface area contributed by atoms with Gasteiger partial charge in [0.25, 0.3) is 0 Å². The summed E-state index contributed by atoms with van der Waals surface area (Å²) in [6.45, 7) is 2.01. The molecular formula is C7H13N. The van der Waals surface area contributed by atoms with Crippen LogP contribution < -0.4 is 5.73 Å². The molecule has 1 saturated carbocycles. The van der Waals surface area contributed by atoms with Crippen LogP contribution in [0.25, 0.3) is 0 Å². The van der Waals surface area contributed by atoms with E-state index in [1.54, 1.807) is 0 Å². The first-order valence-corrected chi connectivity index (χ1v) is 3.26. The van der Waals surface area contributed by atoms with E-state index in [0.717, 1.165) is 11.6 Å². The van der Waals surface area contributed by atoms with E-state index in [4.69, 9.17) is 5.73 Å². The summed E-state index contributed by atoms with van der Waals surface area (Å²) < 4.78 is 0. The van der Waals surface area contributed by atoms with E-state index in [-0.39, 0.29) is 0 Å². The lowest BCUT2D eigenvalue weighted by atomic mass is 9.83. The molecule has 46 valence electrons. The molecule has 0 radical (unpaired) electrons. The van der Waals surface area contributed by atoms with Crippen LogP contribution in [0.3, 0.4) is 0 Å². The van der Waals surface area contributed by atoms with Gasteiger partial charge in [-0.3, -0.25) is 0 Å². The highest BCUT2D eigenvalue weighted by Crippen LogP contribution is 2.30. The second-order valence-electron chi connectivity index (χ2n) is 2.42. The molecule has 0 aromatic rings. The molecule has 0 saturated heterocycles. The zero-order valence-electron chi connectivity index (χ0n) is 5.35. The first-order valence-electron chi connectivity index (χ1n) is 3.26. The molecule has 0 atom stereocenters. The first kappa shape index (κ1) is 5.67. The molecule has 1 aliphatic carbocycles. The van der Waals surface area contributed by atoms with Gasteiger partial charge in [-0.2, -0.15) is 0 Å². The van der Waals surface area contributed by atoms with Crippen LogP contribution in [0.15, 0.2) is 11.8 Å². The van der Waals surface area contributed by atoms with Crippen LogP contribution in [-0.2, 0) is 0 Å². The molecule has 0 unspecified atom stereocenters. The number of hydrogen-bond donors (Lipinski definition) is 1. The summed E-state index contributed by atoms with van der Waals surface area (Å²) in [4.78, 5) is 0. The fourth-order valence-corrected chi connectivity index (χ4v) is 0.977. The van der Waals surface area contributed by atoms with Gasteiger partial charge in [0.15, 0.2) is 0 Å². The van der Waals surface area contributed by atoms with Gasteiger partial charge < -0.3 is 5.73 Å². The Hall–Kier alpha value is -0.460. The van der Waals surface area contributed by atoms with Crippen molar-refractivity contribution in [1.29, 1.82) is 0 Å². The van der Waals surface area contributed by atoms with E-state index < -0.39 is 0 Å². The maximum Gasteiger partial charge on any atom is 0.00686 e. The lowest BCUT2D eigenvalue weighted by Crippen LogP contribution is -2.18. The van der Waals surface area contributed by atoms with Crippen molar-refractivity contribution >= 4 is 0 Å². The summed E-state index contributed by atoms with van der Waals surface area (Å²) in [5.74, 6) is 0.736. The predicted octanol–water partition coefficient (Wildman–Crippen LogP) is 1.65. The fraction of sp³-hybridized carbons (Fsp3) is 0.714. The van der Waals surface area contributed by atoms with Crippen LogP contribution in [0.4, 0.5) is 0 Å². The van der Waals surface area contributed by atoms with E-state index in [1.807, 2.05) is 13.0 Å². The molecule has 8 heavy (non-hydrogen) atoms. The summed E-state index contributed by atoms with van der Waals surface area (Å²) >= 11 is 0. The Balaban J connectivity index is 2.34. The monoisotopic (exact) mass is 111 g/mol. The molecule has 1 rings (SSSR count). The lowest BCUT2D eigenvalue weighted by molar-refractivity contribution is 0.364. The summed E-state index contributed by atoms with van der Waals surface area (Å²) in [5, 5.41) is 0. The highest BCUT2D eigenvalue weighted by molar-refractivity contribution is 5.03. The second kappa shape index (κ2) is 2.21. The van der Waals surface area contributed by atoms with E-state index in [1.165, 1.54) is 19.3 Å². The van der Waals surface area contributed by atoms with Crippen LogP contribution in [0.2, 0.25) is 0 Å². The molecule has 1 aliphatic rings. The predicted molar refractivity (Wildman–Crippen MR) is 35.3 cm³/mol. The van der Waals surface area contributed by atoms with Crippen molar-refractivity contribution in [3.8, 4) is 0 Å². The van der Waals surface area contributed by atoms with E-state index in [0.29, 0.717) is 0 Å². The Kier molecular flexibility index (Phi) is 1.56. The second-order valence-corrected chi connectivity index (χ2v) is 2.42. The molecule has 1 nitrogen and oxygen atoms in total. The molecule has 1 fully saturated rings. The van der Waals surface area contributed by atoms with E-state index in [9.17, 15) is 0 Å². The van der Waals surface area contributed by atoms with Crippen LogP contribution in [-0.4, -0.2) is 0 Å². The standard InChI is InChI=1S/C7H13N/c1-2-7(8)6-4-3-5-6/h2,6H,3-5,8H2,1H3. The molecule has 0 aromatic heterocycles. The summed E-state index contributed by atoms with van der Waals surface area (Å²) in [5.41, 5.74) is 6.73. The minimum Gasteiger partial charge on any atom is -0.402 e. The normalized spacial score (nSPS) is 22.9. The minimum atomic E-state index is 0.736. The molecule has 0 amide bonds. The third kappa shape index (κ3) is 0.857. The highest BCUT2D eigenvalue weighted by atomic mass is 14.6. The van der Waals surface area contributed by atoms with Gasteiger partial charge in [-0.1, -0.05) is 12.5 Å². The Morgan fingerprint density at radius 1 is 1.62 bits per heavy atom. The molecule has 0 aliphatic heterocycles. The Bertz CT molecular complexity index is 101. The number of hydrogen-bond acceptors (Lipinski definition) is 1. The van der Waals surface area contributed by atoms with Gasteiger partial charge >= 0.3 is 0 Å². The molecule has 0 spiro atoms. The zero-order chi connectivity index (χ0) is 5.98. The van der Waals surface area contributed by atoms with Crippen LogP contribution >= 0.6 is 0 Å². The van der Waals surface area contributed by atoms with E-state index in [2.05, 4.69) is 0 Å². The van der Waals surface area contributed by atoms with Gasteiger partial charge in [0, 0.05) is 5.70 Å². The average Bonchev–Trinajstić information content (AvgIpc) is 1.62. The summed E-state index contributed by atoms with van der Waals surface area (Å²) in [7, 11) is 0. The average molecular weight is 111 g/mol. The van der Waals surface area contributed by atoms with Crippen molar-refractivity contribution < 1.29 is 0 Å². The van der Waals surface area contributed by atoms with Crippen molar-refractivity contribution in [2.75, 3.05) is 0 Å². The highest BCUT2D eigenvalue weighted by Gasteiger charge is 2.18. The fourth-order valence-electron chi connectivity index (χ4n) is 0.977. The minimum absolute atomic E-state index is 0.736. The van der Waals surface area contributed by atoms with Crippen molar-refractivity contribution in [3.05, 3.63) is 11.8 Å². The van der Waals surface area contributed by atoms with Crippen LogP contribution in [0.5, 0.6) is 0 Å². The van der Waals surface area contributed by atoms with E-state index >= 15 is 0 Å². The first-order chi connectivity index (χ1) is 3.84. The molecule has 0 aromatic carbocycles. The van der Waals surface area contributed by atoms with Crippen LogP contribution in [0, 0.1) is 5.92 Å². The SMILES string of the molecule is CC=C(N)C1CCC1. The van der Waals surface area contributed by atoms with Gasteiger partial charge in [0.2, 0.25) is 0 Å². The number of nitrogens with two attached hydrogens (primary N) is 1.